The first-order valence-electron chi connectivity index (χ1n) is 7.80. The van der Waals surface area contributed by atoms with Gasteiger partial charge in [0.15, 0.2) is 5.82 Å². The Hall–Kier alpha value is -1.55. The third-order valence-corrected chi connectivity index (χ3v) is 7.87. The molecule has 2 aliphatic rings. The highest BCUT2D eigenvalue weighted by molar-refractivity contribution is 7.91. The van der Waals surface area contributed by atoms with Crippen molar-refractivity contribution in [2.75, 3.05) is 18.0 Å². The maximum absolute atomic E-state index is 12.7. The number of aliphatic hydroxyl groups excluding tert-OH is 1. The van der Waals surface area contributed by atoms with Gasteiger partial charge in [0.05, 0.1) is 0 Å². The van der Waals surface area contributed by atoms with Crippen molar-refractivity contribution in [2.24, 2.45) is 0 Å². The fraction of sp³-hybridized carbons (Fsp3) is 0.467. The lowest BCUT2D eigenvalue weighted by Gasteiger charge is -2.34. The lowest BCUT2D eigenvalue weighted by Crippen LogP contribution is -2.48. The average Bonchev–Trinajstić information content (AvgIpc) is 3.30. The van der Waals surface area contributed by atoms with Crippen molar-refractivity contribution in [1.29, 1.82) is 0 Å². The summed E-state index contributed by atoms with van der Waals surface area (Å²) in [5, 5.41) is 11.4. The number of hydrogen-bond donors (Lipinski definition) is 1. The van der Waals surface area contributed by atoms with Crippen LogP contribution in [0.15, 0.2) is 34.0 Å². The summed E-state index contributed by atoms with van der Waals surface area (Å²) in [4.78, 5) is 10.6. The molecule has 2 fully saturated rings. The minimum absolute atomic E-state index is 0.0351. The summed E-state index contributed by atoms with van der Waals surface area (Å²) >= 11 is 1.25. The summed E-state index contributed by atoms with van der Waals surface area (Å²) in [5.41, 5.74) is 0. The molecule has 3 atom stereocenters. The lowest BCUT2D eigenvalue weighted by atomic mass is 10.2. The number of aliphatic hydroxyl groups is 1. The maximum atomic E-state index is 12.7. The van der Waals surface area contributed by atoms with Gasteiger partial charge in [-0.3, -0.25) is 0 Å². The zero-order chi connectivity index (χ0) is 16.9. The first-order chi connectivity index (χ1) is 11.5. The molecule has 2 aromatic heterocycles. The number of fused-ring (bicyclic) bond motifs is 2. The number of aromatic nitrogens is 2. The van der Waals surface area contributed by atoms with Gasteiger partial charge in [0.2, 0.25) is 0 Å². The fourth-order valence-electron chi connectivity index (χ4n) is 3.46. The number of anilines is 1. The number of sulfonamides is 1. The van der Waals surface area contributed by atoms with E-state index in [1.54, 1.807) is 34.9 Å². The van der Waals surface area contributed by atoms with E-state index in [0.29, 0.717) is 23.1 Å². The van der Waals surface area contributed by atoms with E-state index in [1.807, 2.05) is 6.07 Å². The lowest BCUT2D eigenvalue weighted by molar-refractivity contribution is 0.189. The number of rotatable bonds is 4. The van der Waals surface area contributed by atoms with Gasteiger partial charge in [-0.05, 0) is 30.9 Å². The van der Waals surface area contributed by atoms with Crippen LogP contribution in [0.2, 0.25) is 0 Å². The van der Waals surface area contributed by atoms with Crippen LogP contribution >= 0.6 is 11.3 Å². The highest BCUT2D eigenvalue weighted by Gasteiger charge is 2.49. The van der Waals surface area contributed by atoms with Crippen LogP contribution in [0, 0.1) is 0 Å². The third-order valence-electron chi connectivity index (χ3n) is 4.58. The summed E-state index contributed by atoms with van der Waals surface area (Å²) in [6, 6.07) is 5.30. The van der Waals surface area contributed by atoms with Gasteiger partial charge in [0.25, 0.3) is 10.0 Å². The van der Waals surface area contributed by atoms with Gasteiger partial charge in [-0.1, -0.05) is 6.07 Å². The normalized spacial score (nSPS) is 25.3. The Labute approximate surface area is 144 Å². The van der Waals surface area contributed by atoms with E-state index in [0.717, 1.165) is 12.2 Å². The zero-order valence-corrected chi connectivity index (χ0v) is 14.7. The van der Waals surface area contributed by atoms with Crippen LogP contribution in [0.1, 0.15) is 25.3 Å². The number of thiophene rings is 1. The second kappa shape index (κ2) is 5.76. The molecule has 4 heterocycles. The smallest absolute Gasteiger partial charge is 0.252 e. The molecule has 128 valence electrons. The van der Waals surface area contributed by atoms with E-state index in [-0.39, 0.29) is 12.1 Å². The van der Waals surface area contributed by atoms with Gasteiger partial charge in [-0.25, -0.2) is 18.4 Å². The molecule has 2 aliphatic heterocycles. The van der Waals surface area contributed by atoms with Crippen LogP contribution in [-0.2, 0) is 10.0 Å². The minimum Gasteiger partial charge on any atom is -0.385 e. The van der Waals surface area contributed by atoms with Crippen molar-refractivity contribution in [3.8, 4) is 0 Å². The summed E-state index contributed by atoms with van der Waals surface area (Å²) in [6.45, 7) is 2.72. The van der Waals surface area contributed by atoms with Crippen molar-refractivity contribution < 1.29 is 13.5 Å². The van der Waals surface area contributed by atoms with Crippen molar-refractivity contribution in [1.82, 2.24) is 14.3 Å². The van der Waals surface area contributed by atoms with Crippen molar-refractivity contribution in [3.63, 3.8) is 0 Å². The molecule has 24 heavy (non-hydrogen) atoms. The summed E-state index contributed by atoms with van der Waals surface area (Å²) in [7, 11) is -3.40. The summed E-state index contributed by atoms with van der Waals surface area (Å²) in [5.74, 6) is 1.14. The molecule has 3 unspecified atom stereocenters. The van der Waals surface area contributed by atoms with Crippen LogP contribution in [0.25, 0.3) is 0 Å². The largest absolute Gasteiger partial charge is 0.385 e. The molecule has 9 heteroatoms. The first kappa shape index (κ1) is 15.9. The Balaban J connectivity index is 1.56. The van der Waals surface area contributed by atoms with Crippen LogP contribution in [-0.4, -0.2) is 53.0 Å². The Kier molecular flexibility index (Phi) is 3.83. The van der Waals surface area contributed by atoms with Gasteiger partial charge >= 0.3 is 0 Å². The highest BCUT2D eigenvalue weighted by atomic mass is 32.2. The van der Waals surface area contributed by atoms with E-state index < -0.39 is 16.1 Å². The predicted molar refractivity (Wildman–Crippen MR) is 90.4 cm³/mol. The molecule has 7 nitrogen and oxygen atoms in total. The van der Waals surface area contributed by atoms with Crippen molar-refractivity contribution in [2.45, 2.75) is 35.7 Å². The van der Waals surface area contributed by atoms with E-state index in [4.69, 9.17) is 0 Å². The van der Waals surface area contributed by atoms with Crippen LogP contribution in [0.5, 0.6) is 0 Å². The molecule has 0 amide bonds. The SMILES string of the molecule is CC(O)c1nccc(N2CC3CC2CN3S(=O)(=O)c2cccs2)n1. The Morgan fingerprint density at radius 3 is 2.79 bits per heavy atom. The molecule has 2 saturated heterocycles. The quantitative estimate of drug-likeness (QED) is 0.876. The molecule has 0 saturated carbocycles. The molecular weight excluding hydrogens is 348 g/mol. The predicted octanol–water partition coefficient (Wildman–Crippen LogP) is 1.24. The first-order valence-corrected chi connectivity index (χ1v) is 10.1. The van der Waals surface area contributed by atoms with Gasteiger partial charge in [0, 0.05) is 31.4 Å². The maximum Gasteiger partial charge on any atom is 0.252 e. The monoisotopic (exact) mass is 366 g/mol. The number of nitrogens with zero attached hydrogens (tertiary/aromatic N) is 4. The molecule has 2 bridgehead atoms. The van der Waals surface area contributed by atoms with Gasteiger partial charge in [-0.15, -0.1) is 11.3 Å². The van der Waals surface area contributed by atoms with Gasteiger partial charge in [0.1, 0.15) is 16.1 Å². The zero-order valence-electron chi connectivity index (χ0n) is 13.1. The van der Waals surface area contributed by atoms with Crippen molar-refractivity contribution in [3.05, 3.63) is 35.6 Å². The standard InChI is InChI=1S/C15H18N4O3S2/c1-10(20)15-16-5-4-13(17-15)18-8-12-7-11(18)9-19(12)24(21,22)14-3-2-6-23-14/h2-6,10-12,20H,7-9H2,1H3. The van der Waals surface area contributed by atoms with E-state index >= 15 is 0 Å². The molecule has 2 aromatic rings. The number of piperazine rings is 1. The molecule has 0 radical (unpaired) electrons. The highest BCUT2D eigenvalue weighted by Crippen LogP contribution is 2.37. The topological polar surface area (TPSA) is 86.6 Å². The molecule has 0 aliphatic carbocycles. The van der Waals surface area contributed by atoms with Crippen molar-refractivity contribution >= 4 is 27.2 Å². The summed E-state index contributed by atoms with van der Waals surface area (Å²) < 4.78 is 27.5. The molecule has 0 spiro atoms. The van der Waals surface area contributed by atoms with Crippen LogP contribution < -0.4 is 4.90 Å². The molecular formula is C15H18N4O3S2. The minimum atomic E-state index is -3.40. The Morgan fingerprint density at radius 1 is 1.33 bits per heavy atom. The van der Waals surface area contributed by atoms with E-state index in [1.165, 1.54) is 11.3 Å². The van der Waals surface area contributed by atoms with Crippen LogP contribution in [0.3, 0.4) is 0 Å². The second-order valence-corrected chi connectivity index (χ2v) is 9.22. The number of hydrogen-bond acceptors (Lipinski definition) is 7. The Bertz CT molecular complexity index is 838. The van der Waals surface area contributed by atoms with Gasteiger partial charge in [-0.2, -0.15) is 4.31 Å². The second-order valence-electron chi connectivity index (χ2n) is 6.15. The Morgan fingerprint density at radius 2 is 2.17 bits per heavy atom. The fourth-order valence-corrected chi connectivity index (χ4v) is 6.24. The third kappa shape index (κ3) is 2.52. The van der Waals surface area contributed by atoms with E-state index in [2.05, 4.69) is 14.9 Å². The van der Waals surface area contributed by atoms with Crippen LogP contribution in [0.4, 0.5) is 5.82 Å². The van der Waals surface area contributed by atoms with E-state index in [9.17, 15) is 13.5 Å². The summed E-state index contributed by atoms with van der Waals surface area (Å²) in [6.07, 6.45) is 1.72. The average molecular weight is 366 g/mol. The molecule has 1 N–H and O–H groups in total. The molecule has 4 rings (SSSR count). The molecule has 0 aromatic carbocycles. The van der Waals surface area contributed by atoms with Gasteiger partial charge < -0.3 is 10.0 Å².